The van der Waals surface area contributed by atoms with Crippen molar-refractivity contribution in [2.45, 2.75) is 13.8 Å². The Bertz CT molecular complexity index is 415. The second-order valence-corrected chi connectivity index (χ2v) is 4.88. The number of rotatable bonds is 5. The van der Waals surface area contributed by atoms with Crippen LogP contribution in [0, 0.1) is 5.92 Å². The standard InChI is InChI=1S/C12H20N4O3/c1-9(2)7-16(12(18)15(3)4)8-11(17)13-10-5-6-19-14-10/h5-6,9H,7-8H2,1-4H3,(H,13,14,17). The number of hydrogen-bond donors (Lipinski definition) is 1. The Balaban J connectivity index is 2.61. The Morgan fingerprint density at radius 3 is 2.58 bits per heavy atom. The Morgan fingerprint density at radius 1 is 1.42 bits per heavy atom. The lowest BCUT2D eigenvalue weighted by atomic mass is 10.2. The Labute approximate surface area is 112 Å². The lowest BCUT2D eigenvalue weighted by Crippen LogP contribution is -2.45. The van der Waals surface area contributed by atoms with Crippen LogP contribution in [0.15, 0.2) is 16.9 Å². The minimum atomic E-state index is -0.301. The van der Waals surface area contributed by atoms with E-state index in [1.165, 1.54) is 16.1 Å². The summed E-state index contributed by atoms with van der Waals surface area (Å²) in [7, 11) is 3.32. The van der Waals surface area contributed by atoms with Crippen LogP contribution >= 0.6 is 0 Å². The van der Waals surface area contributed by atoms with Crippen LogP contribution in [0.5, 0.6) is 0 Å². The van der Waals surface area contributed by atoms with E-state index in [9.17, 15) is 9.59 Å². The highest BCUT2D eigenvalue weighted by Crippen LogP contribution is 2.05. The van der Waals surface area contributed by atoms with Gasteiger partial charge in [0.1, 0.15) is 12.8 Å². The molecular weight excluding hydrogens is 248 g/mol. The summed E-state index contributed by atoms with van der Waals surface area (Å²) in [6.45, 7) is 4.49. The van der Waals surface area contributed by atoms with Crippen molar-refractivity contribution in [1.82, 2.24) is 15.0 Å². The number of nitrogens with one attached hydrogen (secondary N) is 1. The van der Waals surface area contributed by atoms with Crippen LogP contribution in [0.2, 0.25) is 0 Å². The lowest BCUT2D eigenvalue weighted by Gasteiger charge is -2.26. The van der Waals surface area contributed by atoms with E-state index in [1.54, 1.807) is 20.2 Å². The Morgan fingerprint density at radius 2 is 2.11 bits per heavy atom. The summed E-state index contributed by atoms with van der Waals surface area (Å²) in [5, 5.41) is 6.15. The van der Waals surface area contributed by atoms with E-state index in [4.69, 9.17) is 0 Å². The van der Waals surface area contributed by atoms with Crippen LogP contribution in [-0.4, -0.2) is 54.1 Å². The first-order valence-corrected chi connectivity index (χ1v) is 6.06. The van der Waals surface area contributed by atoms with Crippen LogP contribution in [0.1, 0.15) is 13.8 Å². The lowest BCUT2D eigenvalue weighted by molar-refractivity contribution is -0.117. The van der Waals surface area contributed by atoms with E-state index in [1.807, 2.05) is 13.8 Å². The monoisotopic (exact) mass is 268 g/mol. The molecule has 0 unspecified atom stereocenters. The molecule has 1 heterocycles. The predicted molar refractivity (Wildman–Crippen MR) is 70.6 cm³/mol. The molecule has 0 saturated heterocycles. The zero-order valence-electron chi connectivity index (χ0n) is 11.7. The quantitative estimate of drug-likeness (QED) is 0.871. The smallest absolute Gasteiger partial charge is 0.319 e. The minimum absolute atomic E-state index is 0.0119. The first kappa shape index (κ1) is 15.0. The summed E-state index contributed by atoms with van der Waals surface area (Å²) in [6.07, 6.45) is 1.37. The molecule has 7 heteroatoms. The maximum absolute atomic E-state index is 12.0. The van der Waals surface area contributed by atoms with Crippen molar-refractivity contribution >= 4 is 17.8 Å². The van der Waals surface area contributed by atoms with Crippen molar-refractivity contribution in [3.05, 3.63) is 12.3 Å². The van der Waals surface area contributed by atoms with Crippen molar-refractivity contribution in [2.24, 2.45) is 5.92 Å². The maximum atomic E-state index is 12.0. The summed E-state index contributed by atoms with van der Waals surface area (Å²) in [5.41, 5.74) is 0. The first-order chi connectivity index (χ1) is 8.90. The van der Waals surface area contributed by atoms with Gasteiger partial charge in [0.25, 0.3) is 0 Å². The van der Waals surface area contributed by atoms with E-state index < -0.39 is 0 Å². The highest BCUT2D eigenvalue weighted by molar-refractivity contribution is 5.93. The van der Waals surface area contributed by atoms with Gasteiger partial charge in [0.05, 0.1) is 0 Å². The predicted octanol–water partition coefficient (Wildman–Crippen LogP) is 1.25. The second-order valence-electron chi connectivity index (χ2n) is 4.88. The van der Waals surface area contributed by atoms with Gasteiger partial charge in [-0.3, -0.25) is 4.79 Å². The third-order valence-corrected chi connectivity index (χ3v) is 2.28. The summed E-state index contributed by atoms with van der Waals surface area (Å²) in [6, 6.07) is 1.35. The molecule has 0 bridgehead atoms. The molecule has 0 aromatic carbocycles. The molecule has 1 aromatic rings. The van der Waals surface area contributed by atoms with Gasteiger partial charge in [-0.2, -0.15) is 0 Å². The second kappa shape index (κ2) is 6.77. The molecule has 7 nitrogen and oxygen atoms in total. The number of urea groups is 1. The third-order valence-electron chi connectivity index (χ3n) is 2.28. The fourth-order valence-electron chi connectivity index (χ4n) is 1.57. The van der Waals surface area contributed by atoms with Crippen LogP contribution < -0.4 is 5.32 Å². The van der Waals surface area contributed by atoms with Crippen molar-refractivity contribution < 1.29 is 14.1 Å². The fourth-order valence-corrected chi connectivity index (χ4v) is 1.57. The number of amides is 3. The topological polar surface area (TPSA) is 78.7 Å². The first-order valence-electron chi connectivity index (χ1n) is 6.06. The highest BCUT2D eigenvalue weighted by atomic mass is 16.5. The molecule has 19 heavy (non-hydrogen) atoms. The summed E-state index contributed by atoms with van der Waals surface area (Å²) in [5.74, 6) is 0.320. The van der Waals surface area contributed by atoms with Gasteiger partial charge >= 0.3 is 6.03 Å². The molecule has 1 rings (SSSR count). The molecule has 106 valence electrons. The molecule has 0 atom stereocenters. The number of aromatic nitrogens is 1. The van der Waals surface area contributed by atoms with Gasteiger partial charge in [-0.05, 0) is 5.92 Å². The van der Waals surface area contributed by atoms with Crippen molar-refractivity contribution in [3.63, 3.8) is 0 Å². The Hall–Kier alpha value is -2.05. The van der Waals surface area contributed by atoms with Crippen LogP contribution in [0.25, 0.3) is 0 Å². The summed E-state index contributed by atoms with van der Waals surface area (Å²) < 4.78 is 4.62. The SMILES string of the molecule is CC(C)CN(CC(=O)Nc1ccon1)C(=O)N(C)C. The van der Waals surface area contributed by atoms with Gasteiger partial charge in [-0.15, -0.1) is 0 Å². The molecular formula is C12H20N4O3. The number of carbonyl (C=O) groups excluding carboxylic acids is 2. The Kier molecular flexibility index (Phi) is 5.35. The number of hydrogen-bond acceptors (Lipinski definition) is 4. The fraction of sp³-hybridized carbons (Fsp3) is 0.583. The van der Waals surface area contributed by atoms with Gasteiger partial charge in [-0.25, -0.2) is 4.79 Å². The van der Waals surface area contributed by atoms with Gasteiger partial charge in [0.15, 0.2) is 5.82 Å². The van der Waals surface area contributed by atoms with E-state index in [0.717, 1.165) is 0 Å². The van der Waals surface area contributed by atoms with Crippen molar-refractivity contribution in [3.8, 4) is 0 Å². The third kappa shape index (κ3) is 4.99. The molecule has 0 aliphatic rings. The van der Waals surface area contributed by atoms with Crippen LogP contribution in [-0.2, 0) is 4.79 Å². The molecule has 0 radical (unpaired) electrons. The number of nitrogens with zero attached hydrogens (tertiary/aromatic N) is 3. The van der Waals surface area contributed by atoms with Gasteiger partial charge < -0.3 is 19.6 Å². The van der Waals surface area contributed by atoms with E-state index in [2.05, 4.69) is 15.0 Å². The van der Waals surface area contributed by atoms with Crippen LogP contribution in [0.4, 0.5) is 10.6 Å². The average Bonchev–Trinajstić information content (AvgIpc) is 2.78. The summed E-state index contributed by atoms with van der Waals surface area (Å²) in [4.78, 5) is 26.7. The molecule has 0 aliphatic heterocycles. The van der Waals surface area contributed by atoms with Crippen molar-refractivity contribution in [1.29, 1.82) is 0 Å². The van der Waals surface area contributed by atoms with E-state index in [0.29, 0.717) is 12.4 Å². The largest absolute Gasteiger partial charge is 0.363 e. The molecule has 0 aliphatic carbocycles. The van der Waals surface area contributed by atoms with Gasteiger partial charge in [0, 0.05) is 26.7 Å². The average molecular weight is 268 g/mol. The molecule has 1 aromatic heterocycles. The van der Waals surface area contributed by atoms with E-state index in [-0.39, 0.29) is 24.4 Å². The molecule has 0 fully saturated rings. The summed E-state index contributed by atoms with van der Waals surface area (Å²) >= 11 is 0. The van der Waals surface area contributed by atoms with E-state index >= 15 is 0 Å². The van der Waals surface area contributed by atoms with Crippen molar-refractivity contribution in [2.75, 3.05) is 32.5 Å². The normalized spacial score (nSPS) is 10.4. The molecule has 3 amide bonds. The highest BCUT2D eigenvalue weighted by Gasteiger charge is 2.20. The molecule has 1 N–H and O–H groups in total. The number of anilines is 1. The number of carbonyl (C=O) groups is 2. The zero-order valence-corrected chi connectivity index (χ0v) is 11.7. The molecule has 0 saturated carbocycles. The van der Waals surface area contributed by atoms with Gasteiger partial charge in [-0.1, -0.05) is 19.0 Å². The maximum Gasteiger partial charge on any atom is 0.319 e. The molecule has 0 spiro atoms. The van der Waals surface area contributed by atoms with Crippen LogP contribution in [0.3, 0.4) is 0 Å². The zero-order chi connectivity index (χ0) is 14.4. The minimum Gasteiger partial charge on any atom is -0.363 e. The van der Waals surface area contributed by atoms with Gasteiger partial charge in [0.2, 0.25) is 5.91 Å².